The third-order valence-electron chi connectivity index (χ3n) is 2.59. The maximum atomic E-state index is 11.4. The molecule has 0 bridgehead atoms. The summed E-state index contributed by atoms with van der Waals surface area (Å²) in [7, 11) is 0. The van der Waals surface area contributed by atoms with Crippen molar-refractivity contribution in [1.29, 1.82) is 0 Å². The van der Waals surface area contributed by atoms with Crippen molar-refractivity contribution in [3.05, 3.63) is 0 Å². The first-order valence-corrected chi connectivity index (χ1v) is 6.39. The van der Waals surface area contributed by atoms with Crippen molar-refractivity contribution in [2.45, 2.75) is 27.2 Å². The fraction of sp³-hybridized carbons (Fsp3) is 0.750. The molecule has 4 N–H and O–H groups in total. The molecule has 110 valence electrons. The van der Waals surface area contributed by atoms with Gasteiger partial charge < -0.3 is 21.1 Å². The Hall–Kier alpha value is -1.79. The minimum atomic E-state index is -0.948. The Morgan fingerprint density at radius 3 is 2.21 bits per heavy atom. The second-order valence-electron chi connectivity index (χ2n) is 4.60. The van der Waals surface area contributed by atoms with Gasteiger partial charge in [-0.2, -0.15) is 0 Å². The van der Waals surface area contributed by atoms with E-state index in [1.807, 2.05) is 6.92 Å². The average molecular weight is 273 g/mol. The number of amides is 3. The summed E-state index contributed by atoms with van der Waals surface area (Å²) in [5, 5.41) is 16.4. The van der Waals surface area contributed by atoms with Crippen molar-refractivity contribution < 1.29 is 19.5 Å². The highest BCUT2D eigenvalue weighted by atomic mass is 16.4. The molecule has 1 unspecified atom stereocenters. The van der Waals surface area contributed by atoms with Gasteiger partial charge in [-0.05, 0) is 12.3 Å². The summed E-state index contributed by atoms with van der Waals surface area (Å²) in [5.74, 6) is -1.93. The van der Waals surface area contributed by atoms with Crippen LogP contribution in [0.2, 0.25) is 0 Å². The zero-order valence-electron chi connectivity index (χ0n) is 11.7. The number of rotatable bonds is 8. The number of aliphatic carboxylic acids is 1. The molecule has 0 aromatic heterocycles. The number of nitrogens with one attached hydrogen (secondary N) is 3. The molecule has 0 saturated carbocycles. The Kier molecular flexibility index (Phi) is 8.32. The molecule has 0 radical (unpaired) electrons. The third kappa shape index (κ3) is 8.01. The van der Waals surface area contributed by atoms with Crippen LogP contribution in [0.5, 0.6) is 0 Å². The largest absolute Gasteiger partial charge is 0.481 e. The van der Waals surface area contributed by atoms with E-state index in [4.69, 9.17) is 5.11 Å². The fourth-order valence-electron chi connectivity index (χ4n) is 1.36. The van der Waals surface area contributed by atoms with Crippen LogP contribution in [0.3, 0.4) is 0 Å². The molecule has 0 aliphatic heterocycles. The summed E-state index contributed by atoms with van der Waals surface area (Å²) in [6, 6.07) is -0.543. The van der Waals surface area contributed by atoms with Crippen molar-refractivity contribution in [3.8, 4) is 0 Å². The highest BCUT2D eigenvalue weighted by Crippen LogP contribution is 2.09. The number of hydrogen-bond acceptors (Lipinski definition) is 3. The van der Waals surface area contributed by atoms with E-state index in [0.717, 1.165) is 6.42 Å². The molecule has 3 amide bonds. The van der Waals surface area contributed by atoms with Gasteiger partial charge in [0.15, 0.2) is 0 Å². The number of carbonyl (C=O) groups excluding carboxylic acids is 2. The van der Waals surface area contributed by atoms with Gasteiger partial charge in [-0.3, -0.25) is 9.59 Å². The summed E-state index contributed by atoms with van der Waals surface area (Å²) in [4.78, 5) is 33.5. The van der Waals surface area contributed by atoms with E-state index in [1.165, 1.54) is 0 Å². The number of urea groups is 1. The third-order valence-corrected chi connectivity index (χ3v) is 2.59. The summed E-state index contributed by atoms with van der Waals surface area (Å²) < 4.78 is 0. The number of carboxylic acid groups (broad SMARTS) is 1. The lowest BCUT2D eigenvalue weighted by Crippen LogP contribution is -2.44. The van der Waals surface area contributed by atoms with Crippen LogP contribution in [-0.2, 0) is 9.59 Å². The average Bonchev–Trinajstić information content (AvgIpc) is 2.33. The molecule has 0 fully saturated rings. The van der Waals surface area contributed by atoms with Gasteiger partial charge in [0.2, 0.25) is 5.91 Å². The molecule has 7 nitrogen and oxygen atoms in total. The lowest BCUT2D eigenvalue weighted by Gasteiger charge is -2.16. The smallest absolute Gasteiger partial charge is 0.315 e. The van der Waals surface area contributed by atoms with Crippen LogP contribution in [0.4, 0.5) is 4.79 Å². The highest BCUT2D eigenvalue weighted by Gasteiger charge is 2.21. The summed E-state index contributed by atoms with van der Waals surface area (Å²) in [5.41, 5.74) is 0. The molecule has 19 heavy (non-hydrogen) atoms. The van der Waals surface area contributed by atoms with Crippen LogP contribution in [0.25, 0.3) is 0 Å². The van der Waals surface area contributed by atoms with Gasteiger partial charge in [0.1, 0.15) is 0 Å². The Morgan fingerprint density at radius 1 is 1.11 bits per heavy atom. The first kappa shape index (κ1) is 17.2. The van der Waals surface area contributed by atoms with Crippen LogP contribution < -0.4 is 16.0 Å². The molecule has 0 heterocycles. The van der Waals surface area contributed by atoms with Crippen LogP contribution in [-0.4, -0.2) is 42.6 Å². The normalized spacial score (nSPS) is 11.8. The maximum absolute atomic E-state index is 11.4. The fourth-order valence-corrected chi connectivity index (χ4v) is 1.36. The van der Waals surface area contributed by atoms with Gasteiger partial charge >= 0.3 is 12.0 Å². The topological polar surface area (TPSA) is 108 Å². The SMILES string of the molecule is CCCNC(=O)CNC(=O)NCC(C(=O)O)C(C)C. The van der Waals surface area contributed by atoms with Gasteiger partial charge in [-0.15, -0.1) is 0 Å². The number of hydrogen-bond donors (Lipinski definition) is 4. The highest BCUT2D eigenvalue weighted by molar-refractivity contribution is 5.84. The number of carbonyl (C=O) groups is 3. The molecule has 0 aromatic rings. The minimum absolute atomic E-state index is 0.0371. The second-order valence-corrected chi connectivity index (χ2v) is 4.60. The Balaban J connectivity index is 3.92. The summed E-state index contributed by atoms with van der Waals surface area (Å²) >= 11 is 0. The molecule has 0 aliphatic carbocycles. The van der Waals surface area contributed by atoms with E-state index in [1.54, 1.807) is 13.8 Å². The molecule has 0 saturated heterocycles. The van der Waals surface area contributed by atoms with Crippen molar-refractivity contribution in [1.82, 2.24) is 16.0 Å². The molecule has 0 spiro atoms. The first-order valence-electron chi connectivity index (χ1n) is 6.39. The van der Waals surface area contributed by atoms with Crippen molar-refractivity contribution in [3.63, 3.8) is 0 Å². The van der Waals surface area contributed by atoms with E-state index >= 15 is 0 Å². The van der Waals surface area contributed by atoms with E-state index in [9.17, 15) is 14.4 Å². The lowest BCUT2D eigenvalue weighted by atomic mass is 9.96. The predicted molar refractivity (Wildman–Crippen MR) is 70.7 cm³/mol. The van der Waals surface area contributed by atoms with Crippen LogP contribution >= 0.6 is 0 Å². The quantitative estimate of drug-likeness (QED) is 0.505. The minimum Gasteiger partial charge on any atom is -0.481 e. The second kappa shape index (κ2) is 9.18. The first-order chi connectivity index (χ1) is 8.88. The molecule has 0 rings (SSSR count). The lowest BCUT2D eigenvalue weighted by molar-refractivity contribution is -0.143. The van der Waals surface area contributed by atoms with Crippen LogP contribution in [0, 0.1) is 11.8 Å². The molecule has 0 aliphatic rings. The zero-order chi connectivity index (χ0) is 14.8. The number of carboxylic acids is 1. The van der Waals surface area contributed by atoms with Gasteiger partial charge in [0, 0.05) is 13.1 Å². The maximum Gasteiger partial charge on any atom is 0.315 e. The molecule has 0 aromatic carbocycles. The van der Waals surface area contributed by atoms with Crippen molar-refractivity contribution in [2.75, 3.05) is 19.6 Å². The standard InChI is InChI=1S/C12H23N3O4/c1-4-5-13-10(16)7-15-12(19)14-6-9(8(2)3)11(17)18/h8-9H,4-7H2,1-3H3,(H,13,16)(H,17,18)(H2,14,15,19). The van der Waals surface area contributed by atoms with Crippen molar-refractivity contribution >= 4 is 17.9 Å². The molecule has 1 atom stereocenters. The molecule has 7 heteroatoms. The molecular formula is C12H23N3O4. The van der Waals surface area contributed by atoms with Crippen LogP contribution in [0.1, 0.15) is 27.2 Å². The Morgan fingerprint density at radius 2 is 1.74 bits per heavy atom. The predicted octanol–water partition coefficient (Wildman–Crippen LogP) is 0.169. The van der Waals surface area contributed by atoms with Gasteiger partial charge in [-0.1, -0.05) is 20.8 Å². The monoisotopic (exact) mass is 273 g/mol. The van der Waals surface area contributed by atoms with Gasteiger partial charge in [-0.25, -0.2) is 4.79 Å². The summed E-state index contributed by atoms with van der Waals surface area (Å²) in [6.45, 7) is 5.96. The van der Waals surface area contributed by atoms with Crippen LogP contribution in [0.15, 0.2) is 0 Å². The van der Waals surface area contributed by atoms with E-state index in [-0.39, 0.29) is 24.9 Å². The van der Waals surface area contributed by atoms with Crippen molar-refractivity contribution in [2.24, 2.45) is 11.8 Å². The zero-order valence-corrected chi connectivity index (χ0v) is 11.7. The Bertz CT molecular complexity index is 318. The van der Waals surface area contributed by atoms with E-state index in [0.29, 0.717) is 6.54 Å². The van der Waals surface area contributed by atoms with Gasteiger partial charge in [0.05, 0.1) is 12.5 Å². The van der Waals surface area contributed by atoms with Gasteiger partial charge in [0.25, 0.3) is 0 Å². The summed E-state index contributed by atoms with van der Waals surface area (Å²) in [6.07, 6.45) is 0.826. The Labute approximate surface area is 113 Å². The van der Waals surface area contributed by atoms with E-state index < -0.39 is 17.9 Å². The van der Waals surface area contributed by atoms with E-state index in [2.05, 4.69) is 16.0 Å². The molecular weight excluding hydrogens is 250 g/mol.